The van der Waals surface area contributed by atoms with Gasteiger partial charge in [-0.1, -0.05) is 37.8 Å². The third-order valence-corrected chi connectivity index (χ3v) is 4.07. The molecule has 0 spiro atoms. The van der Waals surface area contributed by atoms with Crippen LogP contribution in [0.3, 0.4) is 0 Å². The molecule has 0 aromatic rings. The van der Waals surface area contributed by atoms with E-state index in [0.717, 1.165) is 17.7 Å². The van der Waals surface area contributed by atoms with Gasteiger partial charge in [0.2, 0.25) is 5.91 Å². The summed E-state index contributed by atoms with van der Waals surface area (Å²) in [5.74, 6) is -0.654. The van der Waals surface area contributed by atoms with Gasteiger partial charge in [0.15, 0.2) is 0 Å². The van der Waals surface area contributed by atoms with Crippen molar-refractivity contribution in [2.75, 3.05) is 12.4 Å². The van der Waals surface area contributed by atoms with Crippen LogP contribution in [0.2, 0.25) is 0 Å². The molecule has 0 bridgehead atoms. The lowest BCUT2D eigenvalue weighted by atomic mass is 10.2. The molecule has 0 aromatic heterocycles. The van der Waals surface area contributed by atoms with Crippen LogP contribution in [0.1, 0.15) is 26.7 Å². The molecule has 0 saturated carbocycles. The highest BCUT2D eigenvalue weighted by atomic mass is 35.5. The second-order valence-corrected chi connectivity index (χ2v) is 5.59. The zero-order valence-electron chi connectivity index (χ0n) is 8.52. The fourth-order valence-corrected chi connectivity index (χ4v) is 3.11. The number of amides is 1. The Labute approximate surface area is 116 Å². The maximum atomic E-state index is 11.8. The Morgan fingerprint density at radius 2 is 2.18 bits per heavy atom. The Kier molecular flexibility index (Phi) is 7.74. The zero-order chi connectivity index (χ0) is 12.1. The van der Waals surface area contributed by atoms with Gasteiger partial charge < -0.3 is 5.11 Å². The van der Waals surface area contributed by atoms with Gasteiger partial charge in [0.1, 0.15) is 10.9 Å². The van der Waals surface area contributed by atoms with Gasteiger partial charge in [-0.15, -0.1) is 11.6 Å². The molecule has 1 amide bonds. The van der Waals surface area contributed by atoms with E-state index in [1.165, 1.54) is 11.8 Å². The number of thioether (sulfide) groups is 1. The van der Waals surface area contributed by atoms with Crippen molar-refractivity contribution in [1.29, 1.82) is 0 Å². The van der Waals surface area contributed by atoms with Crippen molar-refractivity contribution < 1.29 is 14.7 Å². The number of halogens is 1. The first-order valence-electron chi connectivity index (χ1n) is 4.86. The van der Waals surface area contributed by atoms with Gasteiger partial charge in [0.05, 0.1) is 5.25 Å². The topological polar surface area (TPSA) is 57.6 Å². The molecule has 1 heterocycles. The number of hydrogen-bond acceptors (Lipinski definition) is 4. The molecule has 0 radical (unpaired) electrons. The van der Waals surface area contributed by atoms with Gasteiger partial charge in [0.25, 0.3) is 0 Å². The summed E-state index contributed by atoms with van der Waals surface area (Å²) in [5, 5.41) is 8.40. The average Bonchev–Trinajstić information content (AvgIpc) is 2.46. The summed E-state index contributed by atoms with van der Waals surface area (Å²) in [4.78, 5) is 23.5. The number of carboxylic acid groups (broad SMARTS) is 1. The van der Waals surface area contributed by atoms with Crippen LogP contribution < -0.4 is 0 Å². The minimum absolute atomic E-state index is 0. The molecule has 1 aliphatic heterocycles. The highest BCUT2D eigenvalue weighted by Gasteiger charge is 2.37. The van der Waals surface area contributed by atoms with Gasteiger partial charge in [-0.3, -0.25) is 14.5 Å². The van der Waals surface area contributed by atoms with E-state index in [0.29, 0.717) is 16.6 Å². The van der Waals surface area contributed by atoms with E-state index in [4.69, 9.17) is 28.9 Å². The number of carboxylic acids is 1. The number of alkyl halides is 1. The van der Waals surface area contributed by atoms with E-state index < -0.39 is 5.97 Å². The first-order valence-corrected chi connectivity index (χ1v) is 6.68. The molecule has 1 atom stereocenters. The monoisotopic (exact) mass is 297 g/mol. The highest BCUT2D eigenvalue weighted by molar-refractivity contribution is 8.24. The molecule has 1 rings (SSSR count). The maximum absolute atomic E-state index is 11.8. The summed E-state index contributed by atoms with van der Waals surface area (Å²) in [6, 6.07) is 0. The standard InChI is InChI=1S/C9H12ClNO3S2.CH4/c10-4-2-1-3-6-8(14)11(5-7(12)13)9(15)16-6;/h6H,1-5H2,(H,12,13);1H4. The van der Waals surface area contributed by atoms with E-state index in [-0.39, 0.29) is 25.1 Å². The van der Waals surface area contributed by atoms with Gasteiger partial charge in [0, 0.05) is 5.88 Å². The van der Waals surface area contributed by atoms with Crippen LogP contribution in [0, 0.1) is 0 Å². The fraction of sp³-hybridized carbons (Fsp3) is 0.700. The van der Waals surface area contributed by atoms with Crippen molar-refractivity contribution >= 4 is 51.8 Å². The minimum atomic E-state index is -1.04. The summed E-state index contributed by atoms with van der Waals surface area (Å²) in [7, 11) is 0. The Balaban J connectivity index is 0.00000256. The molecule has 1 aliphatic rings. The molecule has 4 nitrogen and oxygen atoms in total. The molecule has 17 heavy (non-hydrogen) atoms. The summed E-state index contributed by atoms with van der Waals surface area (Å²) < 4.78 is 0.364. The Hall–Kier alpha value is -0.330. The summed E-state index contributed by atoms with van der Waals surface area (Å²) in [6.45, 7) is -0.337. The van der Waals surface area contributed by atoms with Crippen molar-refractivity contribution in [1.82, 2.24) is 4.90 Å². The number of hydrogen-bond donors (Lipinski definition) is 1. The van der Waals surface area contributed by atoms with Gasteiger partial charge >= 0.3 is 5.97 Å². The summed E-state index contributed by atoms with van der Waals surface area (Å²) in [6.07, 6.45) is 2.42. The predicted molar refractivity (Wildman–Crippen MR) is 74.6 cm³/mol. The van der Waals surface area contributed by atoms with E-state index >= 15 is 0 Å². The van der Waals surface area contributed by atoms with E-state index in [2.05, 4.69) is 0 Å². The molecular formula is C10H16ClNO3S2. The second kappa shape index (κ2) is 7.89. The smallest absolute Gasteiger partial charge is 0.323 e. The first-order chi connectivity index (χ1) is 7.56. The molecule has 1 saturated heterocycles. The zero-order valence-corrected chi connectivity index (χ0v) is 10.9. The van der Waals surface area contributed by atoms with Crippen molar-refractivity contribution in [3.05, 3.63) is 0 Å². The SMILES string of the molecule is C.O=C(O)CN1C(=O)C(CCCCCl)SC1=S. The number of rotatable bonds is 6. The maximum Gasteiger partial charge on any atom is 0.323 e. The number of unbranched alkanes of at least 4 members (excludes halogenated alkanes) is 1. The third-order valence-electron chi connectivity index (χ3n) is 2.15. The largest absolute Gasteiger partial charge is 0.480 e. The summed E-state index contributed by atoms with van der Waals surface area (Å²) >= 11 is 11.8. The lowest BCUT2D eigenvalue weighted by Crippen LogP contribution is -2.35. The van der Waals surface area contributed by atoms with Crippen molar-refractivity contribution in [3.63, 3.8) is 0 Å². The van der Waals surface area contributed by atoms with Crippen molar-refractivity contribution in [2.24, 2.45) is 0 Å². The quantitative estimate of drug-likeness (QED) is 0.463. The Morgan fingerprint density at radius 1 is 1.53 bits per heavy atom. The van der Waals surface area contributed by atoms with E-state index in [1.54, 1.807) is 0 Å². The third kappa shape index (κ3) is 4.81. The molecule has 1 N–H and O–H groups in total. The molecule has 0 aliphatic carbocycles. The number of carbonyl (C=O) groups is 2. The van der Waals surface area contributed by atoms with E-state index in [1.807, 2.05) is 0 Å². The van der Waals surface area contributed by atoms with Gasteiger partial charge in [-0.2, -0.15) is 0 Å². The van der Waals surface area contributed by atoms with Crippen LogP contribution in [0.4, 0.5) is 0 Å². The number of aliphatic carboxylic acids is 1. The lowest BCUT2D eigenvalue weighted by Gasteiger charge is -2.12. The van der Waals surface area contributed by atoms with Crippen LogP contribution in [-0.4, -0.2) is 43.9 Å². The van der Waals surface area contributed by atoms with Crippen molar-refractivity contribution in [3.8, 4) is 0 Å². The van der Waals surface area contributed by atoms with Crippen LogP contribution in [0.25, 0.3) is 0 Å². The summed E-state index contributed by atoms with van der Waals surface area (Å²) in [5.41, 5.74) is 0. The number of thiocarbonyl (C=S) groups is 1. The van der Waals surface area contributed by atoms with Crippen molar-refractivity contribution in [2.45, 2.75) is 31.9 Å². The molecule has 7 heteroatoms. The number of nitrogens with zero attached hydrogens (tertiary/aromatic N) is 1. The highest BCUT2D eigenvalue weighted by Crippen LogP contribution is 2.30. The lowest BCUT2D eigenvalue weighted by molar-refractivity contribution is -0.141. The van der Waals surface area contributed by atoms with Crippen LogP contribution in [0.15, 0.2) is 0 Å². The fourth-order valence-electron chi connectivity index (χ4n) is 1.38. The Bertz CT molecular complexity index is 312. The predicted octanol–water partition coefficient (Wildman–Crippen LogP) is 2.35. The molecule has 1 unspecified atom stereocenters. The average molecular weight is 298 g/mol. The molecular weight excluding hydrogens is 282 g/mol. The molecule has 1 fully saturated rings. The minimum Gasteiger partial charge on any atom is -0.480 e. The molecule has 0 aromatic carbocycles. The van der Waals surface area contributed by atoms with E-state index in [9.17, 15) is 9.59 Å². The normalized spacial score (nSPS) is 19.4. The van der Waals surface area contributed by atoms with Crippen LogP contribution in [0.5, 0.6) is 0 Å². The Morgan fingerprint density at radius 3 is 2.71 bits per heavy atom. The van der Waals surface area contributed by atoms with Crippen LogP contribution in [-0.2, 0) is 9.59 Å². The first kappa shape index (κ1) is 16.7. The van der Waals surface area contributed by atoms with Gasteiger partial charge in [-0.05, 0) is 12.8 Å². The number of carbonyl (C=O) groups excluding carboxylic acids is 1. The van der Waals surface area contributed by atoms with Crippen LogP contribution >= 0.6 is 35.6 Å². The second-order valence-electron chi connectivity index (χ2n) is 3.38. The van der Waals surface area contributed by atoms with Gasteiger partial charge in [-0.25, -0.2) is 0 Å². The molecule has 98 valence electrons.